The Morgan fingerprint density at radius 2 is 2.29 bits per heavy atom. The van der Waals surface area contributed by atoms with Crippen LogP contribution in [0.2, 0.25) is 0 Å². The average molecular weight is 193 g/mol. The van der Waals surface area contributed by atoms with Crippen LogP contribution in [-0.2, 0) is 0 Å². The predicted octanol–water partition coefficient (Wildman–Crippen LogP) is 1.62. The summed E-state index contributed by atoms with van der Waals surface area (Å²) < 4.78 is 5.29. The van der Waals surface area contributed by atoms with Crippen molar-refractivity contribution in [2.24, 2.45) is 5.73 Å². The van der Waals surface area contributed by atoms with E-state index in [1.807, 2.05) is 19.1 Å². The molecule has 0 aromatic heterocycles. The summed E-state index contributed by atoms with van der Waals surface area (Å²) in [5.74, 6) is 0.796. The van der Waals surface area contributed by atoms with E-state index in [2.05, 4.69) is 0 Å². The number of rotatable bonds is 5. The lowest BCUT2D eigenvalue weighted by atomic mass is 10.1. The first-order chi connectivity index (χ1) is 6.77. The van der Waals surface area contributed by atoms with Crippen molar-refractivity contribution < 1.29 is 9.53 Å². The minimum Gasteiger partial charge on any atom is -0.494 e. The van der Waals surface area contributed by atoms with E-state index in [9.17, 15) is 4.79 Å². The first-order valence-electron chi connectivity index (χ1n) is 4.74. The summed E-state index contributed by atoms with van der Waals surface area (Å²) in [6, 6.07) is 7.18. The third kappa shape index (κ3) is 2.85. The Kier molecular flexibility index (Phi) is 4.13. The molecule has 76 valence electrons. The highest BCUT2D eigenvalue weighted by Gasteiger charge is 2.05. The molecule has 0 aliphatic carbocycles. The van der Waals surface area contributed by atoms with Gasteiger partial charge in [-0.25, -0.2) is 0 Å². The Morgan fingerprint density at radius 1 is 1.50 bits per heavy atom. The second kappa shape index (κ2) is 5.40. The van der Waals surface area contributed by atoms with Gasteiger partial charge >= 0.3 is 0 Å². The Morgan fingerprint density at radius 3 is 2.93 bits per heavy atom. The lowest BCUT2D eigenvalue weighted by Gasteiger charge is -2.04. The van der Waals surface area contributed by atoms with Crippen molar-refractivity contribution in [1.82, 2.24) is 0 Å². The fraction of sp³-hybridized carbons (Fsp3) is 0.364. The van der Waals surface area contributed by atoms with E-state index in [-0.39, 0.29) is 5.78 Å². The van der Waals surface area contributed by atoms with Crippen molar-refractivity contribution in [3.63, 3.8) is 0 Å². The highest BCUT2D eigenvalue weighted by molar-refractivity contribution is 5.96. The van der Waals surface area contributed by atoms with Crippen LogP contribution in [0.25, 0.3) is 0 Å². The van der Waals surface area contributed by atoms with Crippen LogP contribution in [0.3, 0.4) is 0 Å². The van der Waals surface area contributed by atoms with Gasteiger partial charge in [-0.3, -0.25) is 4.79 Å². The SMILES string of the molecule is CCOc1cccc(C(=O)CCN)c1. The van der Waals surface area contributed by atoms with Crippen molar-refractivity contribution in [2.45, 2.75) is 13.3 Å². The van der Waals surface area contributed by atoms with Crippen LogP contribution < -0.4 is 10.5 Å². The fourth-order valence-corrected chi connectivity index (χ4v) is 1.20. The molecule has 1 aromatic carbocycles. The average Bonchev–Trinajstić information content (AvgIpc) is 2.19. The lowest BCUT2D eigenvalue weighted by molar-refractivity contribution is 0.0985. The maximum absolute atomic E-state index is 11.5. The fourth-order valence-electron chi connectivity index (χ4n) is 1.20. The zero-order chi connectivity index (χ0) is 10.4. The molecule has 14 heavy (non-hydrogen) atoms. The van der Waals surface area contributed by atoms with Gasteiger partial charge in [-0.1, -0.05) is 12.1 Å². The quantitative estimate of drug-likeness (QED) is 0.723. The molecule has 0 heterocycles. The van der Waals surface area contributed by atoms with Crippen LogP contribution in [0.4, 0.5) is 0 Å². The van der Waals surface area contributed by atoms with E-state index in [0.717, 1.165) is 5.75 Å². The minimum atomic E-state index is 0.0639. The number of nitrogens with two attached hydrogens (primary N) is 1. The highest BCUT2D eigenvalue weighted by atomic mass is 16.5. The smallest absolute Gasteiger partial charge is 0.164 e. The number of ketones is 1. The molecule has 3 heteroatoms. The van der Waals surface area contributed by atoms with Gasteiger partial charge in [0.2, 0.25) is 0 Å². The maximum atomic E-state index is 11.5. The van der Waals surface area contributed by atoms with Crippen molar-refractivity contribution in [3.8, 4) is 5.75 Å². The summed E-state index contributed by atoms with van der Waals surface area (Å²) in [7, 11) is 0. The molecule has 0 spiro atoms. The molecule has 0 aliphatic rings. The second-order valence-electron chi connectivity index (χ2n) is 2.92. The largest absolute Gasteiger partial charge is 0.494 e. The molecule has 0 saturated carbocycles. The maximum Gasteiger partial charge on any atom is 0.164 e. The molecule has 0 aliphatic heterocycles. The topological polar surface area (TPSA) is 52.3 Å². The molecular weight excluding hydrogens is 178 g/mol. The standard InChI is InChI=1S/C11H15NO2/c1-2-14-10-5-3-4-9(8-10)11(13)6-7-12/h3-5,8H,2,6-7,12H2,1H3. The number of hydrogen-bond acceptors (Lipinski definition) is 3. The van der Waals surface area contributed by atoms with Crippen molar-refractivity contribution in [2.75, 3.05) is 13.2 Å². The predicted molar refractivity (Wildman–Crippen MR) is 55.6 cm³/mol. The van der Waals surface area contributed by atoms with E-state index >= 15 is 0 Å². The molecule has 3 nitrogen and oxygen atoms in total. The summed E-state index contributed by atoms with van der Waals surface area (Å²) in [5, 5.41) is 0. The summed E-state index contributed by atoms with van der Waals surface area (Å²) in [6.07, 6.45) is 0.385. The molecule has 0 fully saturated rings. The van der Waals surface area contributed by atoms with Crippen LogP contribution in [-0.4, -0.2) is 18.9 Å². The summed E-state index contributed by atoms with van der Waals surface area (Å²) in [6.45, 7) is 2.90. The van der Waals surface area contributed by atoms with Gasteiger partial charge in [0.1, 0.15) is 5.75 Å². The van der Waals surface area contributed by atoms with Crippen molar-refractivity contribution >= 4 is 5.78 Å². The Labute approximate surface area is 83.9 Å². The van der Waals surface area contributed by atoms with Gasteiger partial charge in [0.15, 0.2) is 5.78 Å². The van der Waals surface area contributed by atoms with E-state index in [0.29, 0.717) is 25.1 Å². The van der Waals surface area contributed by atoms with Crippen molar-refractivity contribution in [1.29, 1.82) is 0 Å². The number of hydrogen-bond donors (Lipinski definition) is 1. The first-order valence-corrected chi connectivity index (χ1v) is 4.74. The van der Waals surface area contributed by atoms with Gasteiger partial charge in [0, 0.05) is 12.0 Å². The third-order valence-corrected chi connectivity index (χ3v) is 1.84. The molecule has 2 N–H and O–H groups in total. The van der Waals surface area contributed by atoms with Crippen LogP contribution >= 0.6 is 0 Å². The van der Waals surface area contributed by atoms with E-state index < -0.39 is 0 Å². The Hall–Kier alpha value is -1.35. The molecule has 0 saturated heterocycles. The molecule has 1 aromatic rings. The van der Waals surface area contributed by atoms with Crippen molar-refractivity contribution in [3.05, 3.63) is 29.8 Å². The molecular formula is C11H15NO2. The number of carbonyl (C=O) groups excluding carboxylic acids is 1. The number of Topliss-reactive ketones (excluding diaryl/α,β-unsaturated/α-hetero) is 1. The zero-order valence-electron chi connectivity index (χ0n) is 8.32. The van der Waals surface area contributed by atoms with Gasteiger partial charge in [0.05, 0.1) is 6.61 Å². The summed E-state index contributed by atoms with van der Waals surface area (Å²) in [5.41, 5.74) is 5.98. The van der Waals surface area contributed by atoms with Gasteiger partial charge in [-0.05, 0) is 25.6 Å². The molecule has 0 unspecified atom stereocenters. The highest BCUT2D eigenvalue weighted by Crippen LogP contribution is 2.14. The van der Waals surface area contributed by atoms with E-state index in [1.165, 1.54) is 0 Å². The van der Waals surface area contributed by atoms with Crippen LogP contribution in [0.1, 0.15) is 23.7 Å². The number of benzene rings is 1. The monoisotopic (exact) mass is 193 g/mol. The summed E-state index contributed by atoms with van der Waals surface area (Å²) >= 11 is 0. The lowest BCUT2D eigenvalue weighted by Crippen LogP contribution is -2.08. The van der Waals surface area contributed by atoms with E-state index in [4.69, 9.17) is 10.5 Å². The first kappa shape index (κ1) is 10.7. The van der Waals surface area contributed by atoms with Crippen LogP contribution in [0.15, 0.2) is 24.3 Å². The van der Waals surface area contributed by atoms with Gasteiger partial charge in [-0.15, -0.1) is 0 Å². The van der Waals surface area contributed by atoms with Crippen LogP contribution in [0, 0.1) is 0 Å². The number of ether oxygens (including phenoxy) is 1. The van der Waals surface area contributed by atoms with Crippen LogP contribution in [0.5, 0.6) is 5.75 Å². The molecule has 0 amide bonds. The minimum absolute atomic E-state index is 0.0639. The second-order valence-corrected chi connectivity index (χ2v) is 2.92. The number of carbonyl (C=O) groups is 1. The van der Waals surface area contributed by atoms with Gasteiger partial charge in [0.25, 0.3) is 0 Å². The van der Waals surface area contributed by atoms with Gasteiger partial charge < -0.3 is 10.5 Å². The summed E-state index contributed by atoms with van der Waals surface area (Å²) in [4.78, 5) is 11.5. The normalized spacial score (nSPS) is 9.86. The third-order valence-electron chi connectivity index (χ3n) is 1.84. The Balaban J connectivity index is 2.77. The van der Waals surface area contributed by atoms with E-state index in [1.54, 1.807) is 12.1 Å². The van der Waals surface area contributed by atoms with Gasteiger partial charge in [-0.2, -0.15) is 0 Å². The molecule has 0 radical (unpaired) electrons. The Bertz CT molecular complexity index is 310. The molecule has 1 rings (SSSR count). The molecule has 0 bridgehead atoms. The zero-order valence-corrected chi connectivity index (χ0v) is 8.32. The molecule has 0 atom stereocenters.